The van der Waals surface area contributed by atoms with Crippen molar-refractivity contribution in [1.29, 1.82) is 0 Å². The van der Waals surface area contributed by atoms with Crippen LogP contribution in [0, 0.1) is 0 Å². The van der Waals surface area contributed by atoms with E-state index in [1.807, 2.05) is 11.6 Å². The van der Waals surface area contributed by atoms with E-state index in [4.69, 9.17) is 0 Å². The summed E-state index contributed by atoms with van der Waals surface area (Å²) < 4.78 is 54.9. The normalized spacial score (nSPS) is 22.1. The molecule has 0 amide bonds. The molecule has 2 heterocycles. The number of thiazole rings is 1. The Labute approximate surface area is 127 Å². The first-order valence-electron chi connectivity index (χ1n) is 5.32. The number of hydrogen-bond acceptors (Lipinski definition) is 6. The molecule has 20 heavy (non-hydrogen) atoms. The first-order valence-corrected chi connectivity index (χ1v) is 10.1. The summed E-state index contributed by atoms with van der Waals surface area (Å²) in [6.45, 7) is 0. The third kappa shape index (κ3) is 3.68. The molecule has 0 aliphatic carbocycles. The molecule has 1 aliphatic heterocycles. The minimum absolute atomic E-state index is 0.0305. The van der Waals surface area contributed by atoms with E-state index in [2.05, 4.69) is 13.7 Å². The number of aromatic nitrogens is 1. The summed E-state index contributed by atoms with van der Waals surface area (Å²) in [4.78, 5) is 4.35. The van der Waals surface area contributed by atoms with E-state index in [1.165, 1.54) is 11.8 Å². The first kappa shape index (κ1) is 16.1. The summed E-state index contributed by atoms with van der Waals surface area (Å²) in [6, 6.07) is 0. The Kier molecular flexibility index (Phi) is 5.03. The van der Waals surface area contributed by atoms with Crippen LogP contribution in [-0.4, -0.2) is 32.5 Å². The van der Waals surface area contributed by atoms with Gasteiger partial charge in [0.2, 0.25) is 0 Å². The Morgan fingerprint density at radius 3 is 2.70 bits per heavy atom. The SMILES string of the molecule is CSc1nc(CSCCC2=NS(=O)(C(F)(F)F)=N2)cs1. The second-order valence-corrected chi connectivity index (χ2v) is 8.49. The fourth-order valence-corrected chi connectivity index (χ4v) is 4.46. The minimum Gasteiger partial charge on any atom is -0.234 e. The van der Waals surface area contributed by atoms with Crippen LogP contribution in [0.1, 0.15) is 12.1 Å². The average Bonchev–Trinajstić information content (AvgIpc) is 2.78. The van der Waals surface area contributed by atoms with Crippen LogP contribution in [0.15, 0.2) is 18.5 Å². The van der Waals surface area contributed by atoms with Gasteiger partial charge >= 0.3 is 5.51 Å². The van der Waals surface area contributed by atoms with Crippen LogP contribution in [0.4, 0.5) is 13.2 Å². The number of rotatable bonds is 6. The van der Waals surface area contributed by atoms with Crippen molar-refractivity contribution in [2.24, 2.45) is 8.76 Å². The second-order valence-electron chi connectivity index (χ2n) is 3.65. The molecule has 112 valence electrons. The standard InChI is InChI=1S/C9H10F3N3OS4/c1-17-8-13-6(5-19-8)4-18-3-2-7-14-20(16,15-7)9(10,11)12/h5H,2-4H2,1H3. The zero-order valence-corrected chi connectivity index (χ0v) is 13.5. The maximum Gasteiger partial charge on any atom is 0.500 e. The highest BCUT2D eigenvalue weighted by molar-refractivity contribution is 8.00. The molecule has 1 atom stereocenters. The van der Waals surface area contributed by atoms with Gasteiger partial charge in [-0.2, -0.15) is 33.7 Å². The fraction of sp³-hybridized carbons (Fsp3) is 0.556. The van der Waals surface area contributed by atoms with Crippen molar-refractivity contribution in [1.82, 2.24) is 4.98 Å². The number of halogens is 3. The predicted octanol–water partition coefficient (Wildman–Crippen LogP) is 3.80. The van der Waals surface area contributed by atoms with Gasteiger partial charge in [-0.3, -0.25) is 0 Å². The lowest BCUT2D eigenvalue weighted by atomic mass is 10.5. The highest BCUT2D eigenvalue weighted by Gasteiger charge is 2.47. The van der Waals surface area contributed by atoms with Crippen LogP contribution >= 0.6 is 34.9 Å². The van der Waals surface area contributed by atoms with Gasteiger partial charge in [0.05, 0.1) is 5.69 Å². The Hall–Kier alpha value is -0.260. The van der Waals surface area contributed by atoms with E-state index in [-0.39, 0.29) is 12.3 Å². The largest absolute Gasteiger partial charge is 0.500 e. The van der Waals surface area contributed by atoms with Crippen LogP contribution in [0.25, 0.3) is 0 Å². The van der Waals surface area contributed by atoms with Crippen molar-refractivity contribution in [2.45, 2.75) is 22.0 Å². The molecule has 0 spiro atoms. The number of amidine groups is 1. The molecular formula is C9H10F3N3OS4. The Balaban J connectivity index is 1.71. The van der Waals surface area contributed by atoms with Crippen molar-refractivity contribution in [3.63, 3.8) is 0 Å². The van der Waals surface area contributed by atoms with Crippen LogP contribution in [0.3, 0.4) is 0 Å². The summed E-state index contributed by atoms with van der Waals surface area (Å²) in [6.07, 6.45) is 2.24. The third-order valence-electron chi connectivity index (χ3n) is 2.18. The minimum atomic E-state index is -4.86. The maximum absolute atomic E-state index is 12.2. The topological polar surface area (TPSA) is 54.7 Å². The molecule has 0 bridgehead atoms. The second kappa shape index (κ2) is 6.24. The van der Waals surface area contributed by atoms with Crippen molar-refractivity contribution < 1.29 is 17.4 Å². The van der Waals surface area contributed by atoms with E-state index < -0.39 is 15.4 Å². The predicted molar refractivity (Wildman–Crippen MR) is 78.7 cm³/mol. The van der Waals surface area contributed by atoms with Gasteiger partial charge < -0.3 is 0 Å². The lowest BCUT2D eigenvalue weighted by Gasteiger charge is -2.16. The van der Waals surface area contributed by atoms with Crippen molar-refractivity contribution in [3.05, 3.63) is 11.1 Å². The Morgan fingerprint density at radius 2 is 2.15 bits per heavy atom. The van der Waals surface area contributed by atoms with E-state index in [9.17, 15) is 17.4 Å². The van der Waals surface area contributed by atoms with Crippen LogP contribution in [0.2, 0.25) is 0 Å². The summed E-state index contributed by atoms with van der Waals surface area (Å²) in [5.41, 5.74) is -3.91. The molecule has 1 unspecified atom stereocenters. The van der Waals surface area contributed by atoms with Crippen molar-refractivity contribution in [3.8, 4) is 0 Å². The Bertz CT molecular complexity index is 631. The fourth-order valence-electron chi connectivity index (χ4n) is 1.27. The highest BCUT2D eigenvalue weighted by Crippen LogP contribution is 2.32. The molecular weight excluding hydrogens is 351 g/mol. The molecule has 0 radical (unpaired) electrons. The van der Waals surface area contributed by atoms with E-state index >= 15 is 0 Å². The van der Waals surface area contributed by atoms with Gasteiger partial charge in [0.15, 0.2) is 5.84 Å². The number of hydrogen-bond donors (Lipinski definition) is 0. The number of thioether (sulfide) groups is 2. The van der Waals surface area contributed by atoms with Gasteiger partial charge in [-0.05, 0) is 6.26 Å². The molecule has 0 fully saturated rings. The lowest BCUT2D eigenvalue weighted by molar-refractivity contribution is -0.0404. The lowest BCUT2D eigenvalue weighted by Crippen LogP contribution is -2.28. The molecule has 0 saturated heterocycles. The molecule has 1 aliphatic rings. The van der Waals surface area contributed by atoms with Crippen LogP contribution in [0.5, 0.6) is 0 Å². The van der Waals surface area contributed by atoms with Crippen molar-refractivity contribution in [2.75, 3.05) is 12.0 Å². The average molecular weight is 361 g/mol. The molecule has 4 nitrogen and oxygen atoms in total. The third-order valence-corrected chi connectivity index (χ3v) is 6.61. The molecule has 0 N–H and O–H groups in total. The first-order chi connectivity index (χ1) is 9.34. The summed E-state index contributed by atoms with van der Waals surface area (Å²) in [5.74, 6) is 1.30. The van der Waals surface area contributed by atoms with Gasteiger partial charge in [0.1, 0.15) is 4.34 Å². The van der Waals surface area contributed by atoms with Crippen LogP contribution in [-0.2, 0) is 15.7 Å². The van der Waals surface area contributed by atoms with Gasteiger partial charge in [0.25, 0.3) is 9.92 Å². The number of alkyl halides is 3. The smallest absolute Gasteiger partial charge is 0.234 e. The summed E-state index contributed by atoms with van der Waals surface area (Å²) >= 11 is 4.67. The quantitative estimate of drug-likeness (QED) is 0.571. The summed E-state index contributed by atoms with van der Waals surface area (Å²) in [7, 11) is -4.35. The zero-order chi connectivity index (χ0) is 14.8. The van der Waals surface area contributed by atoms with Crippen molar-refractivity contribution >= 4 is 50.6 Å². The molecule has 0 saturated carbocycles. The van der Waals surface area contributed by atoms with Gasteiger partial charge in [-0.15, -0.1) is 11.3 Å². The highest BCUT2D eigenvalue weighted by atomic mass is 32.2. The van der Waals surface area contributed by atoms with E-state index in [0.29, 0.717) is 11.5 Å². The van der Waals surface area contributed by atoms with Crippen LogP contribution < -0.4 is 0 Å². The van der Waals surface area contributed by atoms with E-state index in [0.717, 1.165) is 10.0 Å². The van der Waals surface area contributed by atoms with Gasteiger partial charge in [-0.1, -0.05) is 11.8 Å². The Morgan fingerprint density at radius 1 is 1.45 bits per heavy atom. The molecule has 0 aromatic carbocycles. The van der Waals surface area contributed by atoms with E-state index in [1.54, 1.807) is 23.1 Å². The maximum atomic E-state index is 12.2. The van der Waals surface area contributed by atoms with Gasteiger partial charge in [-0.25, -0.2) is 9.19 Å². The zero-order valence-electron chi connectivity index (χ0n) is 10.2. The van der Waals surface area contributed by atoms with Gasteiger partial charge in [0, 0.05) is 23.3 Å². The monoisotopic (exact) mass is 361 g/mol. The summed E-state index contributed by atoms with van der Waals surface area (Å²) in [5, 5.41) is 1.96. The molecule has 11 heteroatoms. The molecule has 1 aromatic rings. The molecule has 1 aromatic heterocycles. The number of nitrogens with zero attached hydrogens (tertiary/aromatic N) is 3. The molecule has 2 rings (SSSR count).